The minimum absolute atomic E-state index is 0.332. The van der Waals surface area contributed by atoms with Gasteiger partial charge in [0.2, 0.25) is 0 Å². The van der Waals surface area contributed by atoms with Crippen molar-refractivity contribution < 1.29 is 9.90 Å². The molecule has 2 fully saturated rings. The van der Waals surface area contributed by atoms with E-state index in [0.29, 0.717) is 12.5 Å². The van der Waals surface area contributed by atoms with E-state index in [0.717, 1.165) is 19.0 Å². The highest BCUT2D eigenvalue weighted by Crippen LogP contribution is 2.33. The Kier molecular flexibility index (Phi) is 2.54. The summed E-state index contributed by atoms with van der Waals surface area (Å²) in [5.74, 6) is -0.641. The highest BCUT2D eigenvalue weighted by molar-refractivity contribution is 5.67. The first-order chi connectivity index (χ1) is 6.27. The molecule has 0 aromatic heterocycles. The van der Waals surface area contributed by atoms with Crippen molar-refractivity contribution in [2.75, 3.05) is 6.54 Å². The molecule has 1 atom stereocenters. The number of hydrogen-bond acceptors (Lipinski definition) is 2. The summed E-state index contributed by atoms with van der Waals surface area (Å²) in [5, 5.41) is 8.76. The minimum Gasteiger partial charge on any atom is -0.481 e. The maximum absolute atomic E-state index is 10.6. The first kappa shape index (κ1) is 9.00. The molecule has 1 aliphatic heterocycles. The highest BCUT2D eigenvalue weighted by atomic mass is 16.4. The Bertz CT molecular complexity index is 201. The summed E-state index contributed by atoms with van der Waals surface area (Å²) in [4.78, 5) is 13.1. The number of nitrogens with zero attached hydrogens (tertiary/aromatic N) is 1. The molecule has 1 aliphatic carbocycles. The van der Waals surface area contributed by atoms with E-state index in [9.17, 15) is 4.79 Å². The molecule has 1 heterocycles. The fourth-order valence-corrected chi connectivity index (χ4v) is 2.33. The van der Waals surface area contributed by atoms with Crippen LogP contribution in [0.25, 0.3) is 0 Å². The number of piperidine rings is 1. The Morgan fingerprint density at radius 1 is 1.31 bits per heavy atom. The second kappa shape index (κ2) is 3.66. The molecule has 0 amide bonds. The topological polar surface area (TPSA) is 40.5 Å². The van der Waals surface area contributed by atoms with E-state index < -0.39 is 5.97 Å². The molecule has 1 unspecified atom stereocenters. The van der Waals surface area contributed by atoms with Crippen molar-refractivity contribution in [3.8, 4) is 0 Å². The molecule has 3 heteroatoms. The molecule has 0 aromatic carbocycles. The molecule has 2 rings (SSSR count). The second-order valence-electron chi connectivity index (χ2n) is 4.22. The van der Waals surface area contributed by atoms with Gasteiger partial charge in [-0.25, -0.2) is 0 Å². The lowest BCUT2D eigenvalue weighted by atomic mass is 9.99. The van der Waals surface area contributed by atoms with E-state index in [1.807, 2.05) is 0 Å². The van der Waals surface area contributed by atoms with Crippen LogP contribution < -0.4 is 0 Å². The lowest BCUT2D eigenvalue weighted by molar-refractivity contribution is -0.138. The van der Waals surface area contributed by atoms with Crippen LogP contribution in [0.3, 0.4) is 0 Å². The van der Waals surface area contributed by atoms with Crippen LogP contribution in [0.15, 0.2) is 0 Å². The molecular formula is C10H17NO2. The van der Waals surface area contributed by atoms with E-state index in [4.69, 9.17) is 5.11 Å². The van der Waals surface area contributed by atoms with Crippen LogP contribution in [0.2, 0.25) is 0 Å². The molecule has 1 N–H and O–H groups in total. The predicted molar refractivity (Wildman–Crippen MR) is 49.6 cm³/mol. The van der Waals surface area contributed by atoms with Crippen LogP contribution in [0.5, 0.6) is 0 Å². The van der Waals surface area contributed by atoms with Gasteiger partial charge < -0.3 is 5.11 Å². The van der Waals surface area contributed by atoms with Gasteiger partial charge in [0, 0.05) is 12.1 Å². The molecule has 2 aliphatic rings. The Morgan fingerprint density at radius 2 is 2.08 bits per heavy atom. The molecule has 0 radical (unpaired) electrons. The van der Waals surface area contributed by atoms with E-state index in [2.05, 4.69) is 4.90 Å². The van der Waals surface area contributed by atoms with Gasteiger partial charge in [-0.15, -0.1) is 0 Å². The van der Waals surface area contributed by atoms with Gasteiger partial charge in [0.15, 0.2) is 0 Å². The van der Waals surface area contributed by atoms with Crippen molar-refractivity contribution in [3.63, 3.8) is 0 Å². The van der Waals surface area contributed by atoms with Crippen LogP contribution in [0.4, 0.5) is 0 Å². The van der Waals surface area contributed by atoms with Crippen molar-refractivity contribution >= 4 is 5.97 Å². The van der Waals surface area contributed by atoms with Crippen molar-refractivity contribution in [1.29, 1.82) is 0 Å². The highest BCUT2D eigenvalue weighted by Gasteiger charge is 2.35. The molecule has 1 saturated heterocycles. The summed E-state index contributed by atoms with van der Waals surface area (Å²) in [7, 11) is 0. The van der Waals surface area contributed by atoms with Crippen molar-refractivity contribution in [1.82, 2.24) is 4.90 Å². The van der Waals surface area contributed by atoms with E-state index >= 15 is 0 Å². The van der Waals surface area contributed by atoms with Crippen molar-refractivity contribution in [2.24, 2.45) is 0 Å². The maximum Gasteiger partial charge on any atom is 0.304 e. The van der Waals surface area contributed by atoms with Gasteiger partial charge in [-0.2, -0.15) is 0 Å². The molecule has 74 valence electrons. The quantitative estimate of drug-likeness (QED) is 0.720. The van der Waals surface area contributed by atoms with E-state index in [-0.39, 0.29) is 0 Å². The normalized spacial score (nSPS) is 30.3. The molecule has 0 spiro atoms. The van der Waals surface area contributed by atoms with Gasteiger partial charge in [0.05, 0.1) is 6.42 Å². The summed E-state index contributed by atoms with van der Waals surface area (Å²) in [6.07, 6.45) is 6.47. The monoisotopic (exact) mass is 183 g/mol. The molecule has 0 bridgehead atoms. The average Bonchev–Trinajstić information content (AvgIpc) is 2.87. The minimum atomic E-state index is -0.641. The number of carboxylic acid groups (broad SMARTS) is 1. The molecule has 1 saturated carbocycles. The third-order valence-corrected chi connectivity index (χ3v) is 3.10. The van der Waals surface area contributed by atoms with Gasteiger partial charge in [-0.3, -0.25) is 9.69 Å². The van der Waals surface area contributed by atoms with Gasteiger partial charge in [-0.05, 0) is 32.2 Å². The van der Waals surface area contributed by atoms with Crippen LogP contribution in [-0.4, -0.2) is 34.6 Å². The largest absolute Gasteiger partial charge is 0.481 e. The molecular weight excluding hydrogens is 166 g/mol. The number of carboxylic acids is 1. The number of carbonyl (C=O) groups is 1. The van der Waals surface area contributed by atoms with Gasteiger partial charge in [0.1, 0.15) is 0 Å². The fourth-order valence-electron chi connectivity index (χ4n) is 2.33. The smallest absolute Gasteiger partial charge is 0.304 e. The molecule has 3 nitrogen and oxygen atoms in total. The van der Waals surface area contributed by atoms with Crippen LogP contribution >= 0.6 is 0 Å². The lowest BCUT2D eigenvalue weighted by Crippen LogP contribution is -2.42. The molecule has 13 heavy (non-hydrogen) atoms. The van der Waals surface area contributed by atoms with E-state index in [1.165, 1.54) is 25.7 Å². The second-order valence-corrected chi connectivity index (χ2v) is 4.22. The predicted octanol–water partition coefficient (Wildman–Crippen LogP) is 1.48. The zero-order valence-corrected chi connectivity index (χ0v) is 7.91. The van der Waals surface area contributed by atoms with Gasteiger partial charge >= 0.3 is 5.97 Å². The standard InChI is InChI=1S/C10H17NO2/c12-10(13)7-9-3-1-2-6-11(9)8-4-5-8/h8-9H,1-7H2,(H,12,13). The third kappa shape index (κ3) is 2.21. The first-order valence-electron chi connectivity index (χ1n) is 5.25. The number of likely N-dealkylation sites (tertiary alicyclic amines) is 1. The molecule has 0 aromatic rings. The summed E-state index contributed by atoms with van der Waals surface area (Å²) < 4.78 is 0. The zero-order valence-electron chi connectivity index (χ0n) is 7.91. The summed E-state index contributed by atoms with van der Waals surface area (Å²) >= 11 is 0. The van der Waals surface area contributed by atoms with Crippen LogP contribution in [0, 0.1) is 0 Å². The Morgan fingerprint density at radius 3 is 2.69 bits per heavy atom. The van der Waals surface area contributed by atoms with E-state index in [1.54, 1.807) is 0 Å². The third-order valence-electron chi connectivity index (χ3n) is 3.10. The van der Waals surface area contributed by atoms with Crippen LogP contribution in [0.1, 0.15) is 38.5 Å². The number of aliphatic carboxylic acids is 1. The Hall–Kier alpha value is -0.570. The summed E-state index contributed by atoms with van der Waals surface area (Å²) in [6, 6.07) is 1.06. The van der Waals surface area contributed by atoms with Crippen molar-refractivity contribution in [2.45, 2.75) is 50.6 Å². The van der Waals surface area contributed by atoms with Gasteiger partial charge in [0.25, 0.3) is 0 Å². The maximum atomic E-state index is 10.6. The average molecular weight is 183 g/mol. The number of rotatable bonds is 3. The van der Waals surface area contributed by atoms with Crippen LogP contribution in [-0.2, 0) is 4.79 Å². The zero-order chi connectivity index (χ0) is 9.26. The Balaban J connectivity index is 1.91. The van der Waals surface area contributed by atoms with Gasteiger partial charge in [-0.1, -0.05) is 6.42 Å². The number of hydrogen-bond donors (Lipinski definition) is 1. The van der Waals surface area contributed by atoms with Crippen molar-refractivity contribution in [3.05, 3.63) is 0 Å². The Labute approximate surface area is 78.7 Å². The lowest BCUT2D eigenvalue weighted by Gasteiger charge is -2.34. The SMILES string of the molecule is O=C(O)CC1CCCCN1C1CC1. The fraction of sp³-hybridized carbons (Fsp3) is 0.900. The summed E-state index contributed by atoms with van der Waals surface area (Å²) in [6.45, 7) is 1.13. The first-order valence-corrected chi connectivity index (χ1v) is 5.25. The summed E-state index contributed by atoms with van der Waals surface area (Å²) in [5.41, 5.74) is 0.